The van der Waals surface area contributed by atoms with Crippen LogP contribution < -0.4 is 14.8 Å². The van der Waals surface area contributed by atoms with Crippen molar-refractivity contribution in [2.45, 2.75) is 25.7 Å². The third-order valence-electron chi connectivity index (χ3n) is 3.62. The number of hydrogen-bond donors (Lipinski definition) is 1. The maximum atomic E-state index is 5.35. The van der Waals surface area contributed by atoms with Gasteiger partial charge in [-0.1, -0.05) is 12.5 Å². The van der Waals surface area contributed by atoms with Crippen molar-refractivity contribution in [3.63, 3.8) is 0 Å². The van der Waals surface area contributed by atoms with Gasteiger partial charge >= 0.3 is 0 Å². The van der Waals surface area contributed by atoms with E-state index in [1.807, 2.05) is 6.07 Å². The average molecular weight is 249 g/mol. The zero-order valence-corrected chi connectivity index (χ0v) is 11.4. The first-order valence-electron chi connectivity index (χ1n) is 6.75. The summed E-state index contributed by atoms with van der Waals surface area (Å²) in [5.41, 5.74) is 1.33. The van der Waals surface area contributed by atoms with Gasteiger partial charge in [0.2, 0.25) is 0 Å². The molecule has 1 N–H and O–H groups in total. The summed E-state index contributed by atoms with van der Waals surface area (Å²) in [7, 11) is 3.36. The van der Waals surface area contributed by atoms with Crippen molar-refractivity contribution >= 4 is 0 Å². The van der Waals surface area contributed by atoms with Gasteiger partial charge < -0.3 is 14.8 Å². The maximum absolute atomic E-state index is 5.35. The molecule has 0 aliphatic carbocycles. The Kier molecular flexibility index (Phi) is 4.88. The largest absolute Gasteiger partial charge is 0.493 e. The maximum Gasteiger partial charge on any atom is 0.160 e. The van der Waals surface area contributed by atoms with Crippen molar-refractivity contribution in [3.8, 4) is 11.5 Å². The molecule has 0 bridgehead atoms. The van der Waals surface area contributed by atoms with Crippen molar-refractivity contribution in [2.75, 3.05) is 27.3 Å². The van der Waals surface area contributed by atoms with E-state index in [9.17, 15) is 0 Å². The van der Waals surface area contributed by atoms with Gasteiger partial charge in [0.1, 0.15) is 0 Å². The molecule has 0 amide bonds. The standard InChI is InChI=1S/C15H23NO2/c1-17-14-7-6-12(10-15(14)18-2)9-13-5-3-4-8-16-11-13/h6-7,10,13,16H,3-5,8-9,11H2,1-2H3. The molecule has 1 aromatic carbocycles. The van der Waals surface area contributed by atoms with Crippen LogP contribution in [0.5, 0.6) is 11.5 Å². The van der Waals surface area contributed by atoms with Gasteiger partial charge in [0.15, 0.2) is 11.5 Å². The van der Waals surface area contributed by atoms with Crippen LogP contribution in [0.2, 0.25) is 0 Å². The van der Waals surface area contributed by atoms with Crippen LogP contribution in [0.3, 0.4) is 0 Å². The molecular formula is C15H23NO2. The monoisotopic (exact) mass is 249 g/mol. The Hall–Kier alpha value is -1.22. The minimum absolute atomic E-state index is 0.741. The molecule has 3 nitrogen and oxygen atoms in total. The van der Waals surface area contributed by atoms with Crippen LogP contribution in [-0.4, -0.2) is 27.3 Å². The first-order chi connectivity index (χ1) is 8.83. The van der Waals surface area contributed by atoms with Crippen molar-refractivity contribution in [1.82, 2.24) is 5.32 Å². The second-order valence-corrected chi connectivity index (χ2v) is 4.96. The molecule has 18 heavy (non-hydrogen) atoms. The first kappa shape index (κ1) is 13.2. The Morgan fingerprint density at radius 1 is 1.17 bits per heavy atom. The van der Waals surface area contributed by atoms with E-state index in [0.717, 1.165) is 30.4 Å². The summed E-state index contributed by atoms with van der Waals surface area (Å²) in [5.74, 6) is 2.38. The highest BCUT2D eigenvalue weighted by Crippen LogP contribution is 2.29. The van der Waals surface area contributed by atoms with E-state index < -0.39 is 0 Å². The van der Waals surface area contributed by atoms with Crippen molar-refractivity contribution in [1.29, 1.82) is 0 Å². The summed E-state index contributed by atoms with van der Waals surface area (Å²) >= 11 is 0. The lowest BCUT2D eigenvalue weighted by Crippen LogP contribution is -2.21. The van der Waals surface area contributed by atoms with Crippen LogP contribution in [0.15, 0.2) is 18.2 Å². The average Bonchev–Trinajstić information content (AvgIpc) is 2.67. The first-order valence-corrected chi connectivity index (χ1v) is 6.75. The molecule has 0 radical (unpaired) electrons. The fourth-order valence-corrected chi connectivity index (χ4v) is 2.61. The highest BCUT2D eigenvalue weighted by atomic mass is 16.5. The van der Waals surface area contributed by atoms with Crippen LogP contribution in [0.4, 0.5) is 0 Å². The van der Waals surface area contributed by atoms with E-state index in [-0.39, 0.29) is 0 Å². The molecular weight excluding hydrogens is 226 g/mol. The zero-order chi connectivity index (χ0) is 12.8. The van der Waals surface area contributed by atoms with Crippen LogP contribution in [0.25, 0.3) is 0 Å². The molecule has 1 aliphatic heterocycles. The van der Waals surface area contributed by atoms with Gasteiger partial charge in [-0.2, -0.15) is 0 Å². The highest BCUT2D eigenvalue weighted by Gasteiger charge is 2.13. The minimum Gasteiger partial charge on any atom is -0.493 e. The van der Waals surface area contributed by atoms with Crippen LogP contribution >= 0.6 is 0 Å². The molecule has 2 rings (SSSR count). The highest BCUT2D eigenvalue weighted by molar-refractivity contribution is 5.43. The second-order valence-electron chi connectivity index (χ2n) is 4.96. The number of benzene rings is 1. The molecule has 0 aromatic heterocycles. The van der Waals surface area contributed by atoms with E-state index in [4.69, 9.17) is 9.47 Å². The van der Waals surface area contributed by atoms with E-state index in [2.05, 4.69) is 17.4 Å². The van der Waals surface area contributed by atoms with Gasteiger partial charge in [-0.3, -0.25) is 0 Å². The number of methoxy groups -OCH3 is 2. The van der Waals surface area contributed by atoms with Crippen molar-refractivity contribution < 1.29 is 9.47 Å². The molecule has 0 spiro atoms. The predicted molar refractivity (Wildman–Crippen MR) is 73.5 cm³/mol. The Morgan fingerprint density at radius 2 is 2.00 bits per heavy atom. The van der Waals surface area contributed by atoms with Gasteiger partial charge in [-0.05, 0) is 56.0 Å². The molecule has 1 heterocycles. The number of ether oxygens (including phenoxy) is 2. The number of rotatable bonds is 4. The zero-order valence-electron chi connectivity index (χ0n) is 11.4. The van der Waals surface area contributed by atoms with Gasteiger partial charge in [-0.25, -0.2) is 0 Å². The molecule has 1 aliphatic rings. The minimum atomic E-state index is 0.741. The molecule has 1 saturated heterocycles. The Balaban J connectivity index is 2.03. The molecule has 1 unspecified atom stereocenters. The number of nitrogens with one attached hydrogen (secondary N) is 1. The molecule has 1 aromatic rings. The third-order valence-corrected chi connectivity index (χ3v) is 3.62. The fourth-order valence-electron chi connectivity index (χ4n) is 2.61. The van der Waals surface area contributed by atoms with E-state index in [0.29, 0.717) is 0 Å². The smallest absolute Gasteiger partial charge is 0.160 e. The lowest BCUT2D eigenvalue weighted by Gasteiger charge is -2.15. The van der Waals surface area contributed by atoms with Gasteiger partial charge in [0.05, 0.1) is 14.2 Å². The van der Waals surface area contributed by atoms with Crippen LogP contribution in [0, 0.1) is 5.92 Å². The topological polar surface area (TPSA) is 30.5 Å². The number of hydrogen-bond acceptors (Lipinski definition) is 3. The van der Waals surface area contributed by atoms with E-state index >= 15 is 0 Å². The summed E-state index contributed by atoms with van der Waals surface area (Å²) in [6.07, 6.45) is 5.09. The van der Waals surface area contributed by atoms with Crippen LogP contribution in [0.1, 0.15) is 24.8 Å². The van der Waals surface area contributed by atoms with Crippen molar-refractivity contribution in [2.24, 2.45) is 5.92 Å². The molecule has 1 atom stereocenters. The second kappa shape index (κ2) is 6.64. The van der Waals surface area contributed by atoms with Gasteiger partial charge in [0, 0.05) is 0 Å². The molecule has 1 fully saturated rings. The quantitative estimate of drug-likeness (QED) is 0.890. The summed E-state index contributed by atoms with van der Waals surface area (Å²) in [6.45, 7) is 2.30. The normalized spacial score (nSPS) is 20.2. The van der Waals surface area contributed by atoms with E-state index in [1.165, 1.54) is 31.4 Å². The third kappa shape index (κ3) is 3.39. The Morgan fingerprint density at radius 3 is 2.78 bits per heavy atom. The van der Waals surface area contributed by atoms with Gasteiger partial charge in [-0.15, -0.1) is 0 Å². The lowest BCUT2D eigenvalue weighted by atomic mass is 9.95. The van der Waals surface area contributed by atoms with Crippen molar-refractivity contribution in [3.05, 3.63) is 23.8 Å². The molecule has 3 heteroatoms. The molecule has 0 saturated carbocycles. The summed E-state index contributed by atoms with van der Waals surface area (Å²) in [4.78, 5) is 0. The lowest BCUT2D eigenvalue weighted by molar-refractivity contribution is 0.354. The van der Waals surface area contributed by atoms with Crippen LogP contribution in [-0.2, 0) is 6.42 Å². The Bertz CT molecular complexity index is 371. The van der Waals surface area contributed by atoms with Gasteiger partial charge in [0.25, 0.3) is 0 Å². The predicted octanol–water partition coefficient (Wildman–Crippen LogP) is 2.64. The Labute approximate surface area is 109 Å². The summed E-state index contributed by atoms with van der Waals surface area (Å²) in [5, 5.41) is 3.51. The molecule has 100 valence electrons. The summed E-state index contributed by atoms with van der Waals surface area (Å²) < 4.78 is 10.6. The SMILES string of the molecule is COc1ccc(CC2CCCCNC2)cc1OC. The summed E-state index contributed by atoms with van der Waals surface area (Å²) in [6, 6.07) is 6.24. The fraction of sp³-hybridized carbons (Fsp3) is 0.600. The van der Waals surface area contributed by atoms with E-state index in [1.54, 1.807) is 14.2 Å².